The van der Waals surface area contributed by atoms with Crippen molar-refractivity contribution in [3.05, 3.63) is 29.8 Å². The third-order valence-electron chi connectivity index (χ3n) is 3.01. The normalized spacial score (nSPS) is 12.8. The molecule has 0 saturated heterocycles. The van der Waals surface area contributed by atoms with E-state index in [0.717, 1.165) is 24.9 Å². The summed E-state index contributed by atoms with van der Waals surface area (Å²) in [6.07, 6.45) is 1.56. The molecule has 0 radical (unpaired) electrons. The highest BCUT2D eigenvalue weighted by atomic mass is 16.7. The Kier molecular flexibility index (Phi) is 8.26. The molecule has 4 heteroatoms. The molecule has 0 aliphatic rings. The van der Waals surface area contributed by atoms with E-state index in [4.69, 9.17) is 9.47 Å². The molecule has 1 unspecified atom stereocenters. The number of hydrogen-bond acceptors (Lipinski definition) is 4. The van der Waals surface area contributed by atoms with E-state index < -0.39 is 0 Å². The Morgan fingerprint density at radius 3 is 2.40 bits per heavy atom. The van der Waals surface area contributed by atoms with Crippen LogP contribution in [0.3, 0.4) is 0 Å². The fraction of sp³-hybridized carbons (Fsp3) is 0.625. The van der Waals surface area contributed by atoms with E-state index in [1.54, 1.807) is 12.1 Å². The fourth-order valence-electron chi connectivity index (χ4n) is 2.14. The lowest BCUT2D eigenvalue weighted by Gasteiger charge is -2.28. The van der Waals surface area contributed by atoms with Gasteiger partial charge >= 0.3 is 0 Å². The first-order valence-electron chi connectivity index (χ1n) is 7.45. The second kappa shape index (κ2) is 9.75. The van der Waals surface area contributed by atoms with Crippen LogP contribution in [0.4, 0.5) is 0 Å². The molecule has 1 aromatic rings. The summed E-state index contributed by atoms with van der Waals surface area (Å²) in [6.45, 7) is 8.23. The standard InChI is InChI=1S/C16H27NO3/c1-4-10-17-15(16(19-5-2)20-6-3)12-13-8-7-9-14(18)11-13/h7-9,11,15-18H,4-6,10,12H2,1-3H3. The van der Waals surface area contributed by atoms with Gasteiger partial charge in [-0.3, -0.25) is 0 Å². The smallest absolute Gasteiger partial charge is 0.172 e. The number of ether oxygens (including phenoxy) is 2. The minimum atomic E-state index is -0.265. The molecule has 0 heterocycles. The number of hydrogen-bond donors (Lipinski definition) is 2. The van der Waals surface area contributed by atoms with Crippen molar-refractivity contribution >= 4 is 0 Å². The second-order valence-electron chi connectivity index (χ2n) is 4.71. The number of rotatable bonds is 10. The summed E-state index contributed by atoms with van der Waals surface area (Å²) in [7, 11) is 0. The van der Waals surface area contributed by atoms with Crippen LogP contribution < -0.4 is 5.32 Å². The third kappa shape index (κ3) is 5.90. The quantitative estimate of drug-likeness (QED) is 0.647. The van der Waals surface area contributed by atoms with Crippen molar-refractivity contribution in [2.45, 2.75) is 45.9 Å². The minimum Gasteiger partial charge on any atom is -0.508 e. The molecule has 1 atom stereocenters. The fourth-order valence-corrected chi connectivity index (χ4v) is 2.14. The molecule has 20 heavy (non-hydrogen) atoms. The van der Waals surface area contributed by atoms with E-state index in [-0.39, 0.29) is 12.3 Å². The highest BCUT2D eigenvalue weighted by Gasteiger charge is 2.22. The molecule has 1 aromatic carbocycles. The van der Waals surface area contributed by atoms with Gasteiger partial charge in [-0.25, -0.2) is 0 Å². The van der Waals surface area contributed by atoms with Crippen molar-refractivity contribution in [2.75, 3.05) is 19.8 Å². The van der Waals surface area contributed by atoms with Crippen LogP contribution in [0.25, 0.3) is 0 Å². The van der Waals surface area contributed by atoms with Crippen LogP contribution in [0.2, 0.25) is 0 Å². The predicted octanol–water partition coefficient (Wildman–Crippen LogP) is 2.70. The number of nitrogens with one attached hydrogen (secondary N) is 1. The van der Waals surface area contributed by atoms with Crippen molar-refractivity contribution in [1.29, 1.82) is 0 Å². The lowest BCUT2D eigenvalue weighted by Crippen LogP contribution is -2.45. The predicted molar refractivity (Wildman–Crippen MR) is 80.9 cm³/mol. The molecule has 114 valence electrons. The average Bonchev–Trinajstić information content (AvgIpc) is 2.43. The first-order valence-corrected chi connectivity index (χ1v) is 7.45. The van der Waals surface area contributed by atoms with E-state index in [2.05, 4.69) is 12.2 Å². The molecule has 0 amide bonds. The zero-order valence-corrected chi connectivity index (χ0v) is 12.8. The van der Waals surface area contributed by atoms with Gasteiger partial charge in [0.05, 0.1) is 6.04 Å². The molecule has 0 aromatic heterocycles. The van der Waals surface area contributed by atoms with E-state index in [0.29, 0.717) is 19.0 Å². The number of phenolic OH excluding ortho intramolecular Hbond substituents is 1. The Labute approximate surface area is 122 Å². The Hall–Kier alpha value is -1.10. The van der Waals surface area contributed by atoms with Gasteiger partial charge in [0.25, 0.3) is 0 Å². The first-order chi connectivity index (χ1) is 9.71. The van der Waals surface area contributed by atoms with Gasteiger partial charge in [-0.05, 0) is 50.9 Å². The van der Waals surface area contributed by atoms with Gasteiger partial charge in [0.2, 0.25) is 0 Å². The van der Waals surface area contributed by atoms with Crippen molar-refractivity contribution < 1.29 is 14.6 Å². The Balaban J connectivity index is 2.75. The van der Waals surface area contributed by atoms with Crippen molar-refractivity contribution in [1.82, 2.24) is 5.32 Å². The van der Waals surface area contributed by atoms with Crippen molar-refractivity contribution in [3.63, 3.8) is 0 Å². The molecule has 2 N–H and O–H groups in total. The van der Waals surface area contributed by atoms with Gasteiger partial charge in [-0.1, -0.05) is 19.1 Å². The Morgan fingerprint density at radius 1 is 1.15 bits per heavy atom. The summed E-state index contributed by atoms with van der Waals surface area (Å²) in [5.41, 5.74) is 1.07. The first kappa shape index (κ1) is 17.0. The third-order valence-corrected chi connectivity index (χ3v) is 3.01. The molecule has 1 rings (SSSR count). The summed E-state index contributed by atoms with van der Waals surface area (Å²) >= 11 is 0. The second-order valence-corrected chi connectivity index (χ2v) is 4.71. The highest BCUT2D eigenvalue weighted by Crippen LogP contribution is 2.15. The van der Waals surface area contributed by atoms with E-state index >= 15 is 0 Å². The topological polar surface area (TPSA) is 50.7 Å². The molecule has 0 bridgehead atoms. The van der Waals surface area contributed by atoms with Gasteiger partial charge in [0, 0.05) is 13.2 Å². The molecular formula is C16H27NO3. The maximum absolute atomic E-state index is 9.56. The molecule has 0 aliphatic carbocycles. The molecule has 0 aliphatic heterocycles. The van der Waals surface area contributed by atoms with Crippen LogP contribution in [0.1, 0.15) is 32.8 Å². The van der Waals surface area contributed by atoms with Crippen molar-refractivity contribution in [3.8, 4) is 5.75 Å². The summed E-state index contributed by atoms with van der Waals surface area (Å²) < 4.78 is 11.4. The molecule has 0 saturated carbocycles. The van der Waals surface area contributed by atoms with Gasteiger partial charge in [-0.2, -0.15) is 0 Å². The SMILES string of the molecule is CCCNC(Cc1cccc(O)c1)C(OCC)OCC. The van der Waals surface area contributed by atoms with E-state index in [9.17, 15) is 5.11 Å². The summed E-state index contributed by atoms with van der Waals surface area (Å²) in [6, 6.07) is 7.42. The van der Waals surface area contributed by atoms with Crippen LogP contribution in [-0.2, 0) is 15.9 Å². The highest BCUT2D eigenvalue weighted by molar-refractivity contribution is 5.27. The van der Waals surface area contributed by atoms with Gasteiger partial charge in [0.1, 0.15) is 5.75 Å². The zero-order chi connectivity index (χ0) is 14.8. The average molecular weight is 281 g/mol. The minimum absolute atomic E-state index is 0.0802. The Morgan fingerprint density at radius 2 is 1.85 bits per heavy atom. The van der Waals surface area contributed by atoms with Crippen LogP contribution in [-0.4, -0.2) is 37.2 Å². The van der Waals surface area contributed by atoms with E-state index in [1.807, 2.05) is 26.0 Å². The summed E-state index contributed by atoms with van der Waals surface area (Å²) in [5, 5.41) is 13.0. The van der Waals surface area contributed by atoms with Crippen LogP contribution in [0.5, 0.6) is 5.75 Å². The largest absolute Gasteiger partial charge is 0.508 e. The molecule has 0 fully saturated rings. The number of benzene rings is 1. The Bertz CT molecular complexity index is 364. The summed E-state index contributed by atoms with van der Waals surface area (Å²) in [4.78, 5) is 0. The maximum atomic E-state index is 9.56. The van der Waals surface area contributed by atoms with Gasteiger partial charge < -0.3 is 19.9 Å². The van der Waals surface area contributed by atoms with Crippen LogP contribution >= 0.6 is 0 Å². The number of phenols is 1. The van der Waals surface area contributed by atoms with Gasteiger partial charge in [0.15, 0.2) is 6.29 Å². The van der Waals surface area contributed by atoms with E-state index in [1.165, 1.54) is 0 Å². The van der Waals surface area contributed by atoms with Crippen LogP contribution in [0.15, 0.2) is 24.3 Å². The maximum Gasteiger partial charge on any atom is 0.172 e. The van der Waals surface area contributed by atoms with Crippen molar-refractivity contribution in [2.24, 2.45) is 0 Å². The summed E-state index contributed by atoms with van der Waals surface area (Å²) in [5.74, 6) is 0.293. The monoisotopic (exact) mass is 281 g/mol. The number of aromatic hydroxyl groups is 1. The molecule has 0 spiro atoms. The lowest BCUT2D eigenvalue weighted by atomic mass is 10.0. The lowest BCUT2D eigenvalue weighted by molar-refractivity contribution is -0.153. The zero-order valence-electron chi connectivity index (χ0n) is 12.8. The van der Waals surface area contributed by atoms with Crippen LogP contribution in [0, 0.1) is 0 Å². The molecule has 4 nitrogen and oxygen atoms in total. The molecular weight excluding hydrogens is 254 g/mol. The van der Waals surface area contributed by atoms with Gasteiger partial charge in [-0.15, -0.1) is 0 Å².